The van der Waals surface area contributed by atoms with Gasteiger partial charge in [0.15, 0.2) is 17.4 Å². The standard InChI is InChI=1S/C18H21FN4O4/c1-9-6-22(7-10(2)20-9)17-13(19)5-12-15(24)14(27-18(25)26)8-23(11-3-4-11)16(12)21-17/h5,8-11,20H,3-4,6-7H2,1-2H3,(H,25,26). The zero-order valence-corrected chi connectivity index (χ0v) is 15.1. The van der Waals surface area contributed by atoms with Crippen molar-refractivity contribution in [1.29, 1.82) is 0 Å². The van der Waals surface area contributed by atoms with E-state index in [0.29, 0.717) is 18.7 Å². The maximum atomic E-state index is 14.9. The summed E-state index contributed by atoms with van der Waals surface area (Å²) < 4.78 is 21.2. The van der Waals surface area contributed by atoms with Crippen molar-refractivity contribution < 1.29 is 19.0 Å². The molecule has 0 aromatic carbocycles. The summed E-state index contributed by atoms with van der Waals surface area (Å²) in [4.78, 5) is 29.8. The number of carbonyl (C=O) groups is 1. The van der Waals surface area contributed by atoms with Crippen molar-refractivity contribution in [2.45, 2.75) is 44.8 Å². The van der Waals surface area contributed by atoms with Gasteiger partial charge < -0.3 is 24.6 Å². The van der Waals surface area contributed by atoms with Crippen LogP contribution in [0.5, 0.6) is 5.75 Å². The van der Waals surface area contributed by atoms with E-state index in [1.54, 1.807) is 4.57 Å². The molecule has 1 aliphatic carbocycles. The van der Waals surface area contributed by atoms with Gasteiger partial charge in [0.2, 0.25) is 5.43 Å². The third-order valence-electron chi connectivity index (χ3n) is 4.90. The summed E-state index contributed by atoms with van der Waals surface area (Å²) in [6.07, 6.45) is 1.57. The highest BCUT2D eigenvalue weighted by Crippen LogP contribution is 2.38. The molecule has 0 radical (unpaired) electrons. The highest BCUT2D eigenvalue weighted by Gasteiger charge is 2.30. The largest absolute Gasteiger partial charge is 0.511 e. The fraction of sp³-hybridized carbons (Fsp3) is 0.500. The summed E-state index contributed by atoms with van der Waals surface area (Å²) in [5.74, 6) is -0.723. The molecule has 27 heavy (non-hydrogen) atoms. The minimum atomic E-state index is -1.58. The Morgan fingerprint density at radius 3 is 2.59 bits per heavy atom. The normalized spacial score (nSPS) is 22.9. The van der Waals surface area contributed by atoms with E-state index in [4.69, 9.17) is 5.11 Å². The van der Waals surface area contributed by atoms with Crippen LogP contribution in [0.1, 0.15) is 32.7 Å². The lowest BCUT2D eigenvalue weighted by atomic mass is 10.1. The highest BCUT2D eigenvalue weighted by molar-refractivity contribution is 5.80. The third-order valence-corrected chi connectivity index (χ3v) is 4.90. The Balaban J connectivity index is 1.87. The molecule has 9 heteroatoms. The number of aromatic nitrogens is 2. The number of hydrogen-bond acceptors (Lipinski definition) is 6. The molecular formula is C18H21FN4O4. The molecule has 8 nitrogen and oxygen atoms in total. The Labute approximate surface area is 154 Å². The van der Waals surface area contributed by atoms with Crippen molar-refractivity contribution in [3.05, 3.63) is 28.3 Å². The first kappa shape index (κ1) is 17.7. The summed E-state index contributed by atoms with van der Waals surface area (Å²) in [7, 11) is 0. The van der Waals surface area contributed by atoms with Gasteiger partial charge in [-0.25, -0.2) is 14.2 Å². The van der Waals surface area contributed by atoms with Gasteiger partial charge in [-0.15, -0.1) is 0 Å². The molecule has 3 heterocycles. The maximum Gasteiger partial charge on any atom is 0.511 e. The highest BCUT2D eigenvalue weighted by atomic mass is 19.1. The van der Waals surface area contributed by atoms with E-state index in [9.17, 15) is 14.0 Å². The average molecular weight is 376 g/mol. The van der Waals surface area contributed by atoms with E-state index in [1.807, 2.05) is 18.7 Å². The third kappa shape index (κ3) is 3.34. The van der Waals surface area contributed by atoms with Crippen LogP contribution in [0, 0.1) is 5.82 Å². The Hall–Kier alpha value is -2.68. The topological polar surface area (TPSA) is 96.7 Å². The lowest BCUT2D eigenvalue weighted by Gasteiger charge is -2.37. The molecule has 2 aromatic rings. The van der Waals surface area contributed by atoms with E-state index in [0.717, 1.165) is 18.9 Å². The Bertz CT molecular complexity index is 962. The lowest BCUT2D eigenvalue weighted by molar-refractivity contribution is 0.143. The van der Waals surface area contributed by atoms with Gasteiger partial charge in [0.1, 0.15) is 5.65 Å². The molecule has 2 unspecified atom stereocenters. The van der Waals surface area contributed by atoms with Crippen LogP contribution in [0.4, 0.5) is 15.0 Å². The van der Waals surface area contributed by atoms with E-state index >= 15 is 0 Å². The molecule has 1 saturated carbocycles. The zero-order chi connectivity index (χ0) is 19.3. The zero-order valence-electron chi connectivity index (χ0n) is 15.1. The van der Waals surface area contributed by atoms with Crippen LogP contribution in [0.2, 0.25) is 0 Å². The SMILES string of the molecule is CC1CN(c2nc3c(cc2F)c(=O)c(OC(=O)O)cn3C2CC2)CC(C)N1. The summed E-state index contributed by atoms with van der Waals surface area (Å²) >= 11 is 0. The van der Waals surface area contributed by atoms with Crippen LogP contribution in [-0.2, 0) is 0 Å². The number of pyridine rings is 2. The second-order valence-electron chi connectivity index (χ2n) is 7.37. The van der Waals surface area contributed by atoms with E-state index in [1.165, 1.54) is 6.20 Å². The minimum absolute atomic E-state index is 0.0260. The van der Waals surface area contributed by atoms with Crippen molar-refractivity contribution in [2.24, 2.45) is 0 Å². The molecule has 2 fully saturated rings. The van der Waals surface area contributed by atoms with Gasteiger partial charge in [-0.1, -0.05) is 0 Å². The van der Waals surface area contributed by atoms with E-state index in [-0.39, 0.29) is 35.1 Å². The molecule has 1 aliphatic heterocycles. The lowest BCUT2D eigenvalue weighted by Crippen LogP contribution is -2.54. The van der Waals surface area contributed by atoms with Gasteiger partial charge in [0.05, 0.1) is 11.6 Å². The van der Waals surface area contributed by atoms with Gasteiger partial charge in [0, 0.05) is 31.2 Å². The Morgan fingerprint density at radius 2 is 2.00 bits per heavy atom. The predicted octanol–water partition coefficient (Wildman–Crippen LogP) is 2.11. The average Bonchev–Trinajstić information content (AvgIpc) is 3.41. The number of nitrogens with one attached hydrogen (secondary N) is 1. The van der Waals surface area contributed by atoms with Gasteiger partial charge in [-0.05, 0) is 32.8 Å². The molecular weight excluding hydrogens is 355 g/mol. The predicted molar refractivity (Wildman–Crippen MR) is 97.2 cm³/mol. The molecule has 4 rings (SSSR count). The van der Waals surface area contributed by atoms with Crippen LogP contribution < -0.4 is 20.4 Å². The number of anilines is 1. The number of nitrogens with zero attached hydrogens (tertiary/aromatic N) is 3. The number of rotatable bonds is 3. The minimum Gasteiger partial charge on any atom is -0.449 e. The molecule has 2 aliphatic rings. The van der Waals surface area contributed by atoms with Crippen LogP contribution in [0.15, 0.2) is 17.1 Å². The van der Waals surface area contributed by atoms with Crippen molar-refractivity contribution in [1.82, 2.24) is 14.9 Å². The van der Waals surface area contributed by atoms with Crippen LogP contribution in [0.3, 0.4) is 0 Å². The number of piperazine rings is 1. The monoisotopic (exact) mass is 376 g/mol. The quantitative estimate of drug-likeness (QED) is 0.792. The van der Waals surface area contributed by atoms with Gasteiger partial charge in [0.25, 0.3) is 0 Å². The number of halogens is 1. The fourth-order valence-electron chi connectivity index (χ4n) is 3.73. The molecule has 1 saturated heterocycles. The second-order valence-corrected chi connectivity index (χ2v) is 7.37. The summed E-state index contributed by atoms with van der Waals surface area (Å²) in [5.41, 5.74) is -0.320. The molecule has 0 spiro atoms. The van der Waals surface area contributed by atoms with Gasteiger partial charge in [-0.3, -0.25) is 4.79 Å². The van der Waals surface area contributed by atoms with Crippen molar-refractivity contribution in [3.63, 3.8) is 0 Å². The van der Waals surface area contributed by atoms with Gasteiger partial charge >= 0.3 is 6.16 Å². The molecule has 2 aromatic heterocycles. The Kier molecular flexibility index (Phi) is 4.26. The first-order valence-corrected chi connectivity index (χ1v) is 9.00. The van der Waals surface area contributed by atoms with Crippen LogP contribution in [-0.4, -0.2) is 46.0 Å². The van der Waals surface area contributed by atoms with Crippen LogP contribution >= 0.6 is 0 Å². The molecule has 0 amide bonds. The first-order chi connectivity index (χ1) is 12.8. The van der Waals surface area contributed by atoms with E-state index in [2.05, 4.69) is 15.0 Å². The number of fused-ring (bicyclic) bond motifs is 1. The first-order valence-electron chi connectivity index (χ1n) is 9.00. The molecule has 0 bridgehead atoms. The molecule has 2 N–H and O–H groups in total. The summed E-state index contributed by atoms with van der Waals surface area (Å²) in [5, 5.41) is 12.3. The Morgan fingerprint density at radius 1 is 1.33 bits per heavy atom. The molecule has 144 valence electrons. The maximum absolute atomic E-state index is 14.9. The number of hydrogen-bond donors (Lipinski definition) is 2. The van der Waals surface area contributed by atoms with Crippen molar-refractivity contribution in [2.75, 3.05) is 18.0 Å². The smallest absolute Gasteiger partial charge is 0.449 e. The fourth-order valence-corrected chi connectivity index (χ4v) is 3.73. The molecule has 2 atom stereocenters. The van der Waals surface area contributed by atoms with Gasteiger partial charge in [-0.2, -0.15) is 0 Å². The van der Waals surface area contributed by atoms with E-state index < -0.39 is 17.4 Å². The van der Waals surface area contributed by atoms with Crippen LogP contribution in [0.25, 0.3) is 11.0 Å². The number of carboxylic acid groups (broad SMARTS) is 1. The van der Waals surface area contributed by atoms with Crippen molar-refractivity contribution in [3.8, 4) is 5.75 Å². The number of ether oxygens (including phenoxy) is 1. The summed E-state index contributed by atoms with van der Waals surface area (Å²) in [6.45, 7) is 5.26. The summed E-state index contributed by atoms with van der Waals surface area (Å²) in [6, 6.07) is 1.62. The second kappa shape index (κ2) is 6.49. The van der Waals surface area contributed by atoms with Crippen molar-refractivity contribution >= 4 is 23.0 Å².